The lowest BCUT2D eigenvalue weighted by molar-refractivity contribution is -0.149. The summed E-state index contributed by atoms with van der Waals surface area (Å²) in [6.45, 7) is 6.57. The molecular formula is C23H33N3O3. The molecule has 2 aliphatic heterocycles. The van der Waals surface area contributed by atoms with Crippen molar-refractivity contribution in [3.8, 4) is 0 Å². The van der Waals surface area contributed by atoms with Crippen molar-refractivity contribution in [1.82, 2.24) is 15.1 Å². The second kappa shape index (κ2) is 8.07. The molecule has 6 heteroatoms. The molecule has 1 aromatic rings. The molecule has 2 saturated heterocycles. The maximum Gasteiger partial charge on any atom is 0.251 e. The molecule has 1 saturated carbocycles. The quantitative estimate of drug-likeness (QED) is 0.764. The molecular weight excluding hydrogens is 366 g/mol. The summed E-state index contributed by atoms with van der Waals surface area (Å²) in [6, 6.07) is 9.27. The van der Waals surface area contributed by atoms with Crippen molar-refractivity contribution >= 4 is 11.8 Å². The first-order valence-electron chi connectivity index (χ1n) is 10.9. The molecule has 6 nitrogen and oxygen atoms in total. The van der Waals surface area contributed by atoms with Crippen LogP contribution in [0.3, 0.4) is 0 Å². The lowest BCUT2D eigenvalue weighted by Gasteiger charge is -2.54. The fourth-order valence-electron chi connectivity index (χ4n) is 5.02. The average molecular weight is 400 g/mol. The number of nitrogens with one attached hydrogen (secondary N) is 1. The van der Waals surface area contributed by atoms with Crippen LogP contribution in [-0.4, -0.2) is 72.6 Å². The maximum absolute atomic E-state index is 12.9. The van der Waals surface area contributed by atoms with E-state index in [0.717, 1.165) is 45.3 Å². The van der Waals surface area contributed by atoms with Gasteiger partial charge in [-0.15, -0.1) is 0 Å². The summed E-state index contributed by atoms with van der Waals surface area (Å²) in [6.07, 6.45) is 4.68. The number of hydrogen-bond donors (Lipinski definition) is 1. The van der Waals surface area contributed by atoms with Gasteiger partial charge in [0.2, 0.25) is 5.91 Å². The normalized spacial score (nSPS) is 23.3. The topological polar surface area (TPSA) is 61.9 Å². The van der Waals surface area contributed by atoms with Crippen LogP contribution in [0.15, 0.2) is 30.3 Å². The Morgan fingerprint density at radius 1 is 1.14 bits per heavy atom. The lowest BCUT2D eigenvalue weighted by Crippen LogP contribution is -2.77. The fraction of sp³-hybridized carbons (Fsp3) is 0.652. The third-order valence-corrected chi connectivity index (χ3v) is 7.25. The molecule has 0 bridgehead atoms. The number of carbonyl (C=O) groups excluding carboxylic acids is 2. The van der Waals surface area contributed by atoms with Gasteiger partial charge in [0.05, 0.1) is 5.60 Å². The number of piperidine rings is 1. The molecule has 1 aliphatic carbocycles. The second-order valence-corrected chi connectivity index (χ2v) is 8.93. The highest BCUT2D eigenvalue weighted by Gasteiger charge is 2.66. The van der Waals surface area contributed by atoms with Crippen LogP contribution in [0, 0.1) is 5.92 Å². The number of rotatable bonds is 7. The SMILES string of the molecule is CCN1CCC(CC(=O)N2CC(NC(=O)c3ccccc3)(C3(OC)CC3)C2)CC1. The van der Waals surface area contributed by atoms with Crippen LogP contribution < -0.4 is 5.32 Å². The predicted octanol–water partition coefficient (Wildman–Crippen LogP) is 2.30. The van der Waals surface area contributed by atoms with Crippen molar-refractivity contribution < 1.29 is 14.3 Å². The summed E-state index contributed by atoms with van der Waals surface area (Å²) in [7, 11) is 1.72. The van der Waals surface area contributed by atoms with Crippen molar-refractivity contribution in [2.24, 2.45) is 5.92 Å². The number of hydrogen-bond acceptors (Lipinski definition) is 4. The van der Waals surface area contributed by atoms with E-state index in [2.05, 4.69) is 17.1 Å². The summed E-state index contributed by atoms with van der Waals surface area (Å²) in [4.78, 5) is 30.1. The van der Waals surface area contributed by atoms with Crippen LogP contribution in [-0.2, 0) is 9.53 Å². The van der Waals surface area contributed by atoms with Gasteiger partial charge in [-0.3, -0.25) is 9.59 Å². The molecule has 0 unspecified atom stereocenters. The van der Waals surface area contributed by atoms with E-state index in [0.29, 0.717) is 31.0 Å². The Morgan fingerprint density at radius 2 is 1.79 bits per heavy atom. The Kier molecular flexibility index (Phi) is 5.67. The van der Waals surface area contributed by atoms with Crippen LogP contribution in [0.1, 0.15) is 49.4 Å². The van der Waals surface area contributed by atoms with Crippen LogP contribution in [0.25, 0.3) is 0 Å². The van der Waals surface area contributed by atoms with Crippen molar-refractivity contribution in [1.29, 1.82) is 0 Å². The molecule has 3 aliphatic rings. The molecule has 0 atom stereocenters. The second-order valence-electron chi connectivity index (χ2n) is 8.93. The Bertz CT molecular complexity index is 733. The highest BCUT2D eigenvalue weighted by molar-refractivity contribution is 5.95. The number of amides is 2. The number of methoxy groups -OCH3 is 1. The van der Waals surface area contributed by atoms with E-state index in [9.17, 15) is 9.59 Å². The van der Waals surface area contributed by atoms with Gasteiger partial charge in [0, 0.05) is 32.2 Å². The van der Waals surface area contributed by atoms with E-state index >= 15 is 0 Å². The average Bonchev–Trinajstić information content (AvgIpc) is 3.53. The van der Waals surface area contributed by atoms with E-state index in [-0.39, 0.29) is 17.4 Å². The summed E-state index contributed by atoms with van der Waals surface area (Å²) < 4.78 is 5.84. The standard InChI is InChI=1S/C23H33N3O3/c1-3-25-13-9-18(10-14-25)15-20(27)26-16-22(17-26,23(29-2)11-12-23)24-21(28)19-7-5-4-6-8-19/h4-8,18H,3,9-17H2,1-2H3,(H,24,28). The molecule has 0 aromatic heterocycles. The first kappa shape index (κ1) is 20.4. The zero-order valence-electron chi connectivity index (χ0n) is 17.7. The van der Waals surface area contributed by atoms with Gasteiger partial charge < -0.3 is 19.9 Å². The largest absolute Gasteiger partial charge is 0.376 e. The summed E-state index contributed by atoms with van der Waals surface area (Å²) >= 11 is 0. The number of likely N-dealkylation sites (tertiary alicyclic amines) is 2. The number of benzene rings is 1. The monoisotopic (exact) mass is 399 g/mol. The minimum absolute atomic E-state index is 0.0899. The van der Waals surface area contributed by atoms with Crippen molar-refractivity contribution in [2.75, 3.05) is 39.8 Å². The molecule has 0 spiro atoms. The van der Waals surface area contributed by atoms with Gasteiger partial charge in [0.1, 0.15) is 5.54 Å². The predicted molar refractivity (Wildman–Crippen MR) is 112 cm³/mol. The summed E-state index contributed by atoms with van der Waals surface area (Å²) in [5, 5.41) is 3.24. The molecule has 158 valence electrons. The maximum atomic E-state index is 12.9. The Labute approximate surface area is 173 Å². The Hall–Kier alpha value is -1.92. The van der Waals surface area contributed by atoms with Gasteiger partial charge in [0.25, 0.3) is 5.91 Å². The number of carbonyl (C=O) groups is 2. The van der Waals surface area contributed by atoms with E-state index in [1.165, 1.54) is 0 Å². The highest BCUT2D eigenvalue weighted by Crippen LogP contribution is 2.52. The van der Waals surface area contributed by atoms with Crippen LogP contribution >= 0.6 is 0 Å². The third-order valence-electron chi connectivity index (χ3n) is 7.25. The lowest BCUT2D eigenvalue weighted by atomic mass is 9.80. The van der Waals surface area contributed by atoms with Gasteiger partial charge in [-0.2, -0.15) is 0 Å². The molecule has 3 fully saturated rings. The summed E-state index contributed by atoms with van der Waals surface area (Å²) in [5.74, 6) is 0.612. The van der Waals surface area contributed by atoms with Gasteiger partial charge in [-0.25, -0.2) is 0 Å². The zero-order chi connectivity index (χ0) is 20.5. The Morgan fingerprint density at radius 3 is 2.34 bits per heavy atom. The zero-order valence-corrected chi connectivity index (χ0v) is 17.7. The first-order valence-corrected chi connectivity index (χ1v) is 10.9. The van der Waals surface area contributed by atoms with Crippen molar-refractivity contribution in [3.63, 3.8) is 0 Å². The Balaban J connectivity index is 1.37. The molecule has 2 amide bonds. The molecule has 29 heavy (non-hydrogen) atoms. The number of ether oxygens (including phenoxy) is 1. The molecule has 4 rings (SSSR count). The third kappa shape index (κ3) is 3.92. The summed E-state index contributed by atoms with van der Waals surface area (Å²) in [5.41, 5.74) is -0.164. The molecule has 1 N–H and O–H groups in total. The minimum atomic E-state index is -0.476. The van der Waals surface area contributed by atoms with Gasteiger partial charge in [-0.1, -0.05) is 25.1 Å². The number of nitrogens with zero attached hydrogens (tertiary/aromatic N) is 2. The van der Waals surface area contributed by atoms with E-state index in [1.807, 2.05) is 35.2 Å². The van der Waals surface area contributed by atoms with Crippen LogP contribution in [0.2, 0.25) is 0 Å². The fourth-order valence-corrected chi connectivity index (χ4v) is 5.02. The minimum Gasteiger partial charge on any atom is -0.376 e. The van der Waals surface area contributed by atoms with E-state index in [1.54, 1.807) is 7.11 Å². The molecule has 0 radical (unpaired) electrons. The van der Waals surface area contributed by atoms with Crippen molar-refractivity contribution in [2.45, 2.75) is 50.2 Å². The molecule has 2 heterocycles. The van der Waals surface area contributed by atoms with E-state index < -0.39 is 5.54 Å². The highest BCUT2D eigenvalue weighted by atomic mass is 16.5. The van der Waals surface area contributed by atoms with E-state index in [4.69, 9.17) is 4.74 Å². The van der Waals surface area contributed by atoms with Gasteiger partial charge >= 0.3 is 0 Å². The first-order chi connectivity index (χ1) is 14.0. The van der Waals surface area contributed by atoms with Crippen LogP contribution in [0.4, 0.5) is 0 Å². The van der Waals surface area contributed by atoms with Crippen molar-refractivity contribution in [3.05, 3.63) is 35.9 Å². The van der Waals surface area contributed by atoms with Gasteiger partial charge in [0.15, 0.2) is 0 Å². The smallest absolute Gasteiger partial charge is 0.251 e. The van der Waals surface area contributed by atoms with Crippen LogP contribution in [0.5, 0.6) is 0 Å². The van der Waals surface area contributed by atoms with Gasteiger partial charge in [-0.05, 0) is 63.4 Å². The molecule has 1 aromatic carbocycles.